The molecule has 1 atom stereocenters. The first-order chi connectivity index (χ1) is 10.7. The normalized spacial score (nSPS) is 12.8. The monoisotopic (exact) mass is 336 g/mol. The summed E-state index contributed by atoms with van der Waals surface area (Å²) in [4.78, 5) is 0. The van der Waals surface area contributed by atoms with Crippen LogP contribution in [0.1, 0.15) is 72.6 Å². The quantitative estimate of drug-likeness (QED) is 0.378. The highest BCUT2D eigenvalue weighted by Crippen LogP contribution is 2.36. The Balaban J connectivity index is 3.81. The molecule has 0 aromatic rings. The molecule has 0 aliphatic rings. The summed E-state index contributed by atoms with van der Waals surface area (Å²) in [5.74, 6) is 11.6. The Hall–Kier alpha value is -0.743. The Kier molecular flexibility index (Phi) is 11.4. The van der Waals surface area contributed by atoms with Crippen LogP contribution in [0, 0.1) is 23.7 Å². The van der Waals surface area contributed by atoms with Crippen LogP contribution in [0.3, 0.4) is 0 Å². The Morgan fingerprint density at radius 3 is 1.96 bits per heavy atom. The van der Waals surface area contributed by atoms with Gasteiger partial charge in [0, 0.05) is 19.4 Å². The van der Waals surface area contributed by atoms with Gasteiger partial charge in [0.25, 0.3) is 0 Å². The molecule has 0 fully saturated rings. The number of hydrogen-bond acceptors (Lipinski definition) is 2. The first kappa shape index (κ1) is 22.3. The number of unbranched alkanes of at least 4 members (excludes halogenated alkanes) is 5. The van der Waals surface area contributed by atoms with Crippen LogP contribution in [0.25, 0.3) is 0 Å². The molecule has 0 aromatic heterocycles. The van der Waals surface area contributed by atoms with Crippen molar-refractivity contribution in [3.63, 3.8) is 0 Å². The molecule has 0 spiro atoms. The molecule has 0 aromatic carbocycles. The van der Waals surface area contributed by atoms with E-state index in [-0.39, 0.29) is 5.04 Å². The van der Waals surface area contributed by atoms with Gasteiger partial charge in [-0.05, 0) is 37.4 Å². The van der Waals surface area contributed by atoms with Crippen LogP contribution in [-0.2, 0) is 4.43 Å². The first-order valence-corrected chi connectivity index (χ1v) is 11.9. The van der Waals surface area contributed by atoms with Crippen molar-refractivity contribution in [2.45, 2.75) is 96.9 Å². The summed E-state index contributed by atoms with van der Waals surface area (Å²) in [6.07, 6.45) is 6.42. The van der Waals surface area contributed by atoms with Crippen molar-refractivity contribution in [3.05, 3.63) is 0 Å². The lowest BCUT2D eigenvalue weighted by Crippen LogP contribution is -2.40. The molecule has 0 bridgehead atoms. The fourth-order valence-corrected chi connectivity index (χ4v) is 2.78. The average Bonchev–Trinajstić information content (AvgIpc) is 2.44. The van der Waals surface area contributed by atoms with Crippen molar-refractivity contribution in [2.75, 3.05) is 6.61 Å². The van der Waals surface area contributed by atoms with Gasteiger partial charge in [0.05, 0.1) is 0 Å². The zero-order chi connectivity index (χ0) is 17.8. The van der Waals surface area contributed by atoms with Crippen LogP contribution < -0.4 is 0 Å². The van der Waals surface area contributed by atoms with E-state index < -0.39 is 14.4 Å². The maximum absolute atomic E-state index is 9.64. The number of rotatable bonds is 8. The minimum atomic E-state index is -1.61. The summed E-state index contributed by atoms with van der Waals surface area (Å²) in [5, 5.41) is 9.91. The average molecular weight is 337 g/mol. The second-order valence-electron chi connectivity index (χ2n) is 7.57. The van der Waals surface area contributed by atoms with Crippen LogP contribution in [0.4, 0.5) is 0 Å². The highest BCUT2D eigenvalue weighted by atomic mass is 28.4. The molecule has 23 heavy (non-hydrogen) atoms. The fraction of sp³-hybridized carbons (Fsp3) is 0.800. The molecule has 132 valence electrons. The second kappa shape index (κ2) is 11.7. The third-order valence-electron chi connectivity index (χ3n) is 4.35. The van der Waals surface area contributed by atoms with E-state index in [0.29, 0.717) is 0 Å². The highest BCUT2D eigenvalue weighted by Gasteiger charge is 2.36. The van der Waals surface area contributed by atoms with Crippen molar-refractivity contribution in [1.82, 2.24) is 0 Å². The van der Waals surface area contributed by atoms with Crippen LogP contribution in [0.15, 0.2) is 0 Å². The standard InChI is InChI=1S/C20H36O2Si/c1-7-8-9-10-13-16-19(21)17-14-11-12-15-18-22-23(5,6)20(2,3)4/h19,21H,7-12,15,18H2,1-6H3/t19-/m1/s1. The predicted molar refractivity (Wildman–Crippen MR) is 103 cm³/mol. The largest absolute Gasteiger partial charge is 0.417 e. The summed E-state index contributed by atoms with van der Waals surface area (Å²) < 4.78 is 6.13. The van der Waals surface area contributed by atoms with Gasteiger partial charge in [-0.2, -0.15) is 0 Å². The summed E-state index contributed by atoms with van der Waals surface area (Å²) in [5.41, 5.74) is 0. The molecule has 3 heteroatoms. The van der Waals surface area contributed by atoms with Crippen molar-refractivity contribution in [1.29, 1.82) is 0 Å². The lowest BCUT2D eigenvalue weighted by atomic mass is 10.2. The Bertz CT molecular complexity index is 427. The van der Waals surface area contributed by atoms with Gasteiger partial charge in [0.15, 0.2) is 14.4 Å². The minimum Gasteiger partial charge on any atom is -0.417 e. The van der Waals surface area contributed by atoms with Gasteiger partial charge in [-0.3, -0.25) is 0 Å². The zero-order valence-corrected chi connectivity index (χ0v) is 17.1. The molecule has 0 saturated carbocycles. The third kappa shape index (κ3) is 11.4. The maximum Gasteiger partial charge on any atom is 0.191 e. The van der Waals surface area contributed by atoms with Crippen LogP contribution in [0.2, 0.25) is 18.1 Å². The highest BCUT2D eigenvalue weighted by molar-refractivity contribution is 6.74. The third-order valence-corrected chi connectivity index (χ3v) is 8.89. The lowest BCUT2D eigenvalue weighted by Gasteiger charge is -2.36. The Labute approximate surface area is 145 Å². The Morgan fingerprint density at radius 2 is 1.48 bits per heavy atom. The van der Waals surface area contributed by atoms with Crippen LogP contribution >= 0.6 is 0 Å². The van der Waals surface area contributed by atoms with Crippen LogP contribution in [-0.4, -0.2) is 26.1 Å². The van der Waals surface area contributed by atoms with Crippen molar-refractivity contribution >= 4 is 8.32 Å². The van der Waals surface area contributed by atoms with E-state index in [4.69, 9.17) is 4.43 Å². The molecule has 0 rings (SSSR count). The summed E-state index contributed by atoms with van der Waals surface area (Å²) in [6, 6.07) is 0. The maximum atomic E-state index is 9.64. The Morgan fingerprint density at radius 1 is 0.957 bits per heavy atom. The molecule has 0 aliphatic carbocycles. The molecule has 2 nitrogen and oxygen atoms in total. The predicted octanol–water partition coefficient (Wildman–Crippen LogP) is 5.13. The van der Waals surface area contributed by atoms with E-state index in [0.717, 1.165) is 38.7 Å². The van der Waals surface area contributed by atoms with Crippen molar-refractivity contribution < 1.29 is 9.53 Å². The van der Waals surface area contributed by atoms with E-state index in [1.807, 2.05) is 0 Å². The molecule has 0 saturated heterocycles. The van der Waals surface area contributed by atoms with Gasteiger partial charge < -0.3 is 9.53 Å². The van der Waals surface area contributed by atoms with Gasteiger partial charge in [0.2, 0.25) is 0 Å². The molecular weight excluding hydrogens is 300 g/mol. The molecule has 0 heterocycles. The molecule has 0 unspecified atom stereocenters. The minimum absolute atomic E-state index is 0.271. The van der Waals surface area contributed by atoms with Gasteiger partial charge in [0.1, 0.15) is 0 Å². The summed E-state index contributed by atoms with van der Waals surface area (Å²) in [7, 11) is -1.61. The van der Waals surface area contributed by atoms with Gasteiger partial charge in [-0.15, -0.1) is 0 Å². The first-order valence-electron chi connectivity index (χ1n) is 8.99. The van der Waals surface area contributed by atoms with E-state index in [9.17, 15) is 5.11 Å². The molecular formula is C20H36O2Si. The smallest absolute Gasteiger partial charge is 0.191 e. The lowest BCUT2D eigenvalue weighted by molar-refractivity contribution is 0.279. The number of aliphatic hydroxyl groups excluding tert-OH is 1. The molecule has 0 aliphatic heterocycles. The fourth-order valence-electron chi connectivity index (χ4n) is 1.70. The van der Waals surface area contributed by atoms with Gasteiger partial charge >= 0.3 is 0 Å². The van der Waals surface area contributed by atoms with Crippen molar-refractivity contribution in [2.24, 2.45) is 0 Å². The van der Waals surface area contributed by atoms with Gasteiger partial charge in [-0.1, -0.05) is 64.2 Å². The molecule has 0 radical (unpaired) electrons. The zero-order valence-electron chi connectivity index (χ0n) is 16.1. The van der Waals surface area contributed by atoms with Crippen molar-refractivity contribution in [3.8, 4) is 23.7 Å². The van der Waals surface area contributed by atoms with E-state index in [1.165, 1.54) is 12.8 Å². The van der Waals surface area contributed by atoms with E-state index in [1.54, 1.807) is 0 Å². The molecule has 0 amide bonds. The second-order valence-corrected chi connectivity index (χ2v) is 12.4. The van der Waals surface area contributed by atoms with Gasteiger partial charge in [-0.25, -0.2) is 0 Å². The number of aliphatic hydroxyl groups is 1. The summed E-state index contributed by atoms with van der Waals surface area (Å²) in [6.45, 7) is 14.3. The molecule has 1 N–H and O–H groups in total. The topological polar surface area (TPSA) is 29.5 Å². The SMILES string of the molecule is CCCCCC#C[C@@H](O)C#CCCCCO[Si](C)(C)C(C)(C)C. The van der Waals surface area contributed by atoms with E-state index in [2.05, 4.69) is 64.5 Å². The summed E-state index contributed by atoms with van der Waals surface area (Å²) >= 11 is 0. The number of hydrogen-bond donors (Lipinski definition) is 1. The van der Waals surface area contributed by atoms with Crippen LogP contribution in [0.5, 0.6) is 0 Å². The van der Waals surface area contributed by atoms with E-state index >= 15 is 0 Å².